The van der Waals surface area contributed by atoms with Gasteiger partial charge in [0.1, 0.15) is 5.75 Å². The molecule has 0 saturated carbocycles. The van der Waals surface area contributed by atoms with Crippen LogP contribution < -0.4 is 4.74 Å². The molecule has 0 aliphatic rings. The van der Waals surface area contributed by atoms with Gasteiger partial charge in [0.15, 0.2) is 6.29 Å². The highest BCUT2D eigenvalue weighted by Crippen LogP contribution is 2.23. The largest absolute Gasteiger partial charge is 0.493 e. The molecule has 0 aliphatic carbocycles. The van der Waals surface area contributed by atoms with Crippen molar-refractivity contribution in [3.05, 3.63) is 33.9 Å². The number of rotatable bonds is 8. The molecule has 0 N–H and O–H groups in total. The molecule has 1 rings (SSSR count). The highest BCUT2D eigenvalue weighted by Gasteiger charge is 2.14. The van der Waals surface area contributed by atoms with Gasteiger partial charge in [-0.15, -0.1) is 0 Å². The molecule has 19 heavy (non-hydrogen) atoms. The number of carbonyl (C=O) groups is 2. The minimum absolute atomic E-state index is 0.00471. The average Bonchev–Trinajstić information content (AvgIpc) is 2.37. The van der Waals surface area contributed by atoms with Crippen LogP contribution in [0.1, 0.15) is 29.6 Å². The van der Waals surface area contributed by atoms with Gasteiger partial charge in [0, 0.05) is 6.42 Å². The fourth-order valence-corrected chi connectivity index (χ4v) is 1.56. The highest BCUT2D eigenvalue weighted by atomic mass is 35.5. The summed E-state index contributed by atoms with van der Waals surface area (Å²) < 4.78 is 5.30. The van der Waals surface area contributed by atoms with E-state index in [-0.39, 0.29) is 17.7 Å². The Kier molecular flexibility index (Phi) is 5.95. The lowest BCUT2D eigenvalue weighted by Gasteiger charge is -2.06. The summed E-state index contributed by atoms with van der Waals surface area (Å²) in [5.41, 5.74) is -0.284. The van der Waals surface area contributed by atoms with Crippen LogP contribution in [0.4, 0.5) is 5.69 Å². The number of ether oxygens (including phenoxy) is 1. The van der Waals surface area contributed by atoms with E-state index in [1.165, 1.54) is 18.2 Å². The molecule has 0 spiro atoms. The van der Waals surface area contributed by atoms with Crippen molar-refractivity contribution < 1.29 is 19.2 Å². The zero-order valence-corrected chi connectivity index (χ0v) is 10.8. The summed E-state index contributed by atoms with van der Waals surface area (Å²) >= 11 is 5.17. The number of nitrogens with zero attached hydrogens (tertiary/aromatic N) is 1. The van der Waals surface area contributed by atoms with E-state index in [1.54, 1.807) is 0 Å². The highest BCUT2D eigenvalue weighted by molar-refractivity contribution is 6.63. The van der Waals surface area contributed by atoms with Gasteiger partial charge in [-0.25, -0.2) is 0 Å². The van der Waals surface area contributed by atoms with Crippen LogP contribution in [0.2, 0.25) is 0 Å². The van der Waals surface area contributed by atoms with Crippen LogP contribution in [0.5, 0.6) is 5.75 Å². The quantitative estimate of drug-likeness (QED) is 0.241. The van der Waals surface area contributed by atoms with Crippen LogP contribution in [0.25, 0.3) is 0 Å². The summed E-state index contributed by atoms with van der Waals surface area (Å²) in [5.74, 6) is 0.314. The van der Waals surface area contributed by atoms with Gasteiger partial charge in [-0.3, -0.25) is 19.7 Å². The Balaban J connectivity index is 2.55. The van der Waals surface area contributed by atoms with Gasteiger partial charge in [0.2, 0.25) is 5.24 Å². The van der Waals surface area contributed by atoms with Crippen LogP contribution >= 0.6 is 11.6 Å². The molecule has 0 amide bonds. The standard InChI is InChI=1S/C12H12ClNO5/c13-12(16)3-1-2-6-19-10-5-4-9(8-15)11(7-10)14(17)18/h4-5,7-8H,1-3,6H2. The van der Waals surface area contributed by atoms with E-state index in [0.717, 1.165) is 0 Å². The predicted octanol–water partition coefficient (Wildman–Crippen LogP) is 2.72. The van der Waals surface area contributed by atoms with Crippen molar-refractivity contribution >= 4 is 28.8 Å². The Morgan fingerprint density at radius 1 is 1.42 bits per heavy atom. The van der Waals surface area contributed by atoms with Crippen molar-refractivity contribution in [3.8, 4) is 5.75 Å². The Morgan fingerprint density at radius 3 is 2.74 bits per heavy atom. The van der Waals surface area contributed by atoms with Gasteiger partial charge < -0.3 is 4.74 Å². The zero-order chi connectivity index (χ0) is 14.3. The Labute approximate surface area is 114 Å². The Hall–Kier alpha value is -1.95. The second-order valence-electron chi connectivity index (χ2n) is 3.76. The van der Waals surface area contributed by atoms with Crippen LogP contribution in [0.3, 0.4) is 0 Å². The van der Waals surface area contributed by atoms with Crippen molar-refractivity contribution in [2.24, 2.45) is 0 Å². The molecule has 0 radical (unpaired) electrons. The van der Waals surface area contributed by atoms with Crippen molar-refractivity contribution in [2.45, 2.75) is 19.3 Å². The molecule has 1 aromatic rings. The number of halogens is 1. The lowest BCUT2D eigenvalue weighted by atomic mass is 10.2. The molecule has 0 atom stereocenters. The van der Waals surface area contributed by atoms with Crippen LogP contribution in [0, 0.1) is 10.1 Å². The van der Waals surface area contributed by atoms with Crippen molar-refractivity contribution in [1.82, 2.24) is 0 Å². The summed E-state index contributed by atoms with van der Waals surface area (Å²) in [6.45, 7) is 0.321. The van der Waals surface area contributed by atoms with E-state index < -0.39 is 10.2 Å². The van der Waals surface area contributed by atoms with Gasteiger partial charge in [-0.2, -0.15) is 0 Å². The third-order valence-electron chi connectivity index (χ3n) is 2.36. The third-order valence-corrected chi connectivity index (χ3v) is 2.55. The SMILES string of the molecule is O=Cc1ccc(OCCCCC(=O)Cl)cc1[N+](=O)[O-]. The number of hydrogen-bond acceptors (Lipinski definition) is 5. The number of carbonyl (C=O) groups excluding carboxylic acids is 2. The van der Waals surface area contributed by atoms with Crippen LogP contribution in [0.15, 0.2) is 18.2 Å². The molecule has 0 aromatic heterocycles. The summed E-state index contributed by atoms with van der Waals surface area (Å²) in [4.78, 5) is 31.2. The first kappa shape index (κ1) is 15.1. The third kappa shape index (κ3) is 5.05. The van der Waals surface area contributed by atoms with Crippen LogP contribution in [-0.4, -0.2) is 23.1 Å². The molecule has 0 heterocycles. The first-order valence-corrected chi connectivity index (χ1v) is 5.97. The maximum absolute atomic E-state index is 10.7. The minimum atomic E-state index is -0.636. The molecular formula is C12H12ClNO5. The summed E-state index contributed by atoms with van der Waals surface area (Å²) in [6.07, 6.45) is 1.90. The zero-order valence-electron chi connectivity index (χ0n) is 10.0. The molecule has 0 bridgehead atoms. The first-order chi connectivity index (χ1) is 9.04. The maximum atomic E-state index is 10.7. The average molecular weight is 286 g/mol. The smallest absolute Gasteiger partial charge is 0.283 e. The monoisotopic (exact) mass is 285 g/mol. The molecular weight excluding hydrogens is 274 g/mol. The van der Waals surface area contributed by atoms with Gasteiger partial charge in [-0.1, -0.05) is 0 Å². The summed E-state index contributed by atoms with van der Waals surface area (Å²) in [6, 6.07) is 4.03. The molecule has 0 fully saturated rings. The molecule has 102 valence electrons. The number of aldehydes is 1. The number of nitro benzene ring substituents is 1. The number of nitro groups is 1. The van der Waals surface area contributed by atoms with Crippen LogP contribution in [-0.2, 0) is 4.79 Å². The molecule has 0 unspecified atom stereocenters. The lowest BCUT2D eigenvalue weighted by Crippen LogP contribution is -2.00. The Morgan fingerprint density at radius 2 is 2.16 bits per heavy atom. The molecule has 0 saturated heterocycles. The van der Waals surface area contributed by atoms with Crippen molar-refractivity contribution in [1.29, 1.82) is 0 Å². The first-order valence-electron chi connectivity index (χ1n) is 5.59. The maximum Gasteiger partial charge on any atom is 0.283 e. The molecule has 6 nitrogen and oxygen atoms in total. The minimum Gasteiger partial charge on any atom is -0.493 e. The van der Waals surface area contributed by atoms with Crippen molar-refractivity contribution in [3.63, 3.8) is 0 Å². The van der Waals surface area contributed by atoms with Gasteiger partial charge in [-0.05, 0) is 36.6 Å². The topological polar surface area (TPSA) is 86.5 Å². The Bertz CT molecular complexity index is 489. The van der Waals surface area contributed by atoms with Gasteiger partial charge in [0.05, 0.1) is 23.2 Å². The lowest BCUT2D eigenvalue weighted by molar-refractivity contribution is -0.385. The van der Waals surface area contributed by atoms with Gasteiger partial charge >= 0.3 is 0 Å². The van der Waals surface area contributed by atoms with Gasteiger partial charge in [0.25, 0.3) is 5.69 Å². The van der Waals surface area contributed by atoms with E-state index in [0.29, 0.717) is 31.5 Å². The molecule has 1 aromatic carbocycles. The van der Waals surface area contributed by atoms with E-state index >= 15 is 0 Å². The second kappa shape index (κ2) is 7.48. The fourth-order valence-electron chi connectivity index (χ4n) is 1.43. The summed E-state index contributed by atoms with van der Waals surface area (Å²) in [5, 5.41) is 10.3. The summed E-state index contributed by atoms with van der Waals surface area (Å²) in [7, 11) is 0. The van der Waals surface area contributed by atoms with E-state index in [1.807, 2.05) is 0 Å². The number of hydrogen-bond donors (Lipinski definition) is 0. The normalized spacial score (nSPS) is 9.95. The van der Waals surface area contributed by atoms with E-state index in [4.69, 9.17) is 16.3 Å². The van der Waals surface area contributed by atoms with E-state index in [2.05, 4.69) is 0 Å². The molecule has 0 aliphatic heterocycles. The number of unbranched alkanes of at least 4 members (excludes halogenated alkanes) is 1. The second-order valence-corrected chi connectivity index (χ2v) is 4.18. The fraction of sp³-hybridized carbons (Fsp3) is 0.333. The van der Waals surface area contributed by atoms with E-state index in [9.17, 15) is 19.7 Å². The molecule has 7 heteroatoms. The predicted molar refractivity (Wildman–Crippen MR) is 68.7 cm³/mol. The number of benzene rings is 1. The van der Waals surface area contributed by atoms with Crippen molar-refractivity contribution in [2.75, 3.05) is 6.61 Å².